The van der Waals surface area contributed by atoms with Crippen LogP contribution < -0.4 is 14.8 Å². The van der Waals surface area contributed by atoms with Crippen molar-refractivity contribution in [3.63, 3.8) is 0 Å². The summed E-state index contributed by atoms with van der Waals surface area (Å²) in [6.07, 6.45) is 0.633. The average Bonchev–Trinajstić information content (AvgIpc) is 2.69. The first-order valence-corrected chi connectivity index (χ1v) is 9.06. The molecular weight excluding hydrogens is 469 g/mol. The van der Waals surface area contributed by atoms with Gasteiger partial charge in [-0.15, -0.1) is 24.0 Å². The predicted octanol–water partition coefficient (Wildman–Crippen LogP) is 3.67. The van der Waals surface area contributed by atoms with E-state index in [1.807, 2.05) is 50.4 Å². The number of phenols is 1. The Morgan fingerprint density at radius 1 is 1.11 bits per heavy atom. The van der Waals surface area contributed by atoms with Gasteiger partial charge in [0.15, 0.2) is 17.5 Å². The molecule has 0 amide bonds. The molecule has 7 heteroatoms. The highest BCUT2D eigenvalue weighted by Crippen LogP contribution is 2.29. The van der Waals surface area contributed by atoms with Gasteiger partial charge < -0.3 is 24.8 Å². The van der Waals surface area contributed by atoms with Crippen LogP contribution in [0.4, 0.5) is 0 Å². The van der Waals surface area contributed by atoms with Crippen LogP contribution in [0.1, 0.15) is 18.1 Å². The fourth-order valence-electron chi connectivity index (χ4n) is 2.77. The Morgan fingerprint density at radius 2 is 1.82 bits per heavy atom. The molecule has 0 spiro atoms. The summed E-state index contributed by atoms with van der Waals surface area (Å²) in [6.45, 7) is 4.14. The fourth-order valence-corrected chi connectivity index (χ4v) is 2.77. The fraction of sp³-hybridized carbons (Fsp3) is 0.381. The molecule has 0 saturated heterocycles. The van der Waals surface area contributed by atoms with Crippen LogP contribution in [0.2, 0.25) is 0 Å². The molecule has 0 bridgehead atoms. The van der Waals surface area contributed by atoms with Crippen molar-refractivity contribution in [2.24, 2.45) is 4.99 Å². The summed E-state index contributed by atoms with van der Waals surface area (Å²) in [5.74, 6) is 2.35. The van der Waals surface area contributed by atoms with E-state index in [9.17, 15) is 5.11 Å². The summed E-state index contributed by atoms with van der Waals surface area (Å²) in [5, 5.41) is 13.5. The Hall–Kier alpha value is -2.16. The molecule has 0 aromatic heterocycles. The van der Waals surface area contributed by atoms with Crippen molar-refractivity contribution < 1.29 is 14.6 Å². The largest absolute Gasteiger partial charge is 0.504 e. The Kier molecular flexibility index (Phi) is 10.5. The molecule has 2 rings (SSSR count). The lowest BCUT2D eigenvalue weighted by Crippen LogP contribution is -2.38. The molecule has 0 heterocycles. The van der Waals surface area contributed by atoms with E-state index in [1.54, 1.807) is 20.3 Å². The molecule has 0 unspecified atom stereocenters. The maximum atomic E-state index is 10.2. The van der Waals surface area contributed by atoms with Gasteiger partial charge in [0.1, 0.15) is 5.75 Å². The molecule has 2 aromatic carbocycles. The average molecular weight is 499 g/mol. The Bertz CT molecular complexity index is 751. The minimum Gasteiger partial charge on any atom is -0.504 e. The van der Waals surface area contributed by atoms with Crippen molar-refractivity contribution in [2.75, 3.05) is 34.4 Å². The first-order chi connectivity index (χ1) is 13.1. The number of halogens is 1. The number of nitrogens with zero attached hydrogens (tertiary/aromatic N) is 2. The smallest absolute Gasteiger partial charge is 0.193 e. The van der Waals surface area contributed by atoms with E-state index in [0.29, 0.717) is 18.7 Å². The number of phenolic OH excluding ortho intramolecular Hbond substituents is 1. The molecule has 0 aliphatic heterocycles. The molecule has 2 N–H and O–H groups in total. The molecular formula is C21H30IN3O3. The Labute approximate surface area is 184 Å². The van der Waals surface area contributed by atoms with Crippen LogP contribution in [-0.2, 0) is 13.0 Å². The quantitative estimate of drug-likeness (QED) is 0.330. The van der Waals surface area contributed by atoms with Gasteiger partial charge in [-0.3, -0.25) is 4.99 Å². The number of aliphatic imine (C=N–C) groups is 1. The zero-order valence-electron chi connectivity index (χ0n) is 16.9. The van der Waals surface area contributed by atoms with Crippen LogP contribution in [0.3, 0.4) is 0 Å². The van der Waals surface area contributed by atoms with Crippen molar-refractivity contribution in [1.29, 1.82) is 0 Å². The number of nitrogens with one attached hydrogen (secondary N) is 1. The SMILES string of the molecule is CCNC(=NCCc1cccc(OC)c1O)N(C)Cc1ccc(OC)cc1.I. The van der Waals surface area contributed by atoms with Crippen molar-refractivity contribution >= 4 is 29.9 Å². The lowest BCUT2D eigenvalue weighted by molar-refractivity contribution is 0.370. The van der Waals surface area contributed by atoms with Crippen molar-refractivity contribution in [3.05, 3.63) is 53.6 Å². The van der Waals surface area contributed by atoms with E-state index < -0.39 is 0 Å². The minimum absolute atomic E-state index is 0. The molecule has 0 aliphatic carbocycles. The van der Waals surface area contributed by atoms with E-state index in [-0.39, 0.29) is 29.7 Å². The lowest BCUT2D eigenvalue weighted by Gasteiger charge is -2.22. The van der Waals surface area contributed by atoms with E-state index >= 15 is 0 Å². The van der Waals surface area contributed by atoms with Gasteiger partial charge in [0, 0.05) is 26.7 Å². The normalized spacial score (nSPS) is 10.8. The van der Waals surface area contributed by atoms with Gasteiger partial charge in [0.2, 0.25) is 0 Å². The number of para-hydroxylation sites is 1. The number of guanidine groups is 1. The number of aromatic hydroxyl groups is 1. The lowest BCUT2D eigenvalue weighted by atomic mass is 10.1. The van der Waals surface area contributed by atoms with Gasteiger partial charge >= 0.3 is 0 Å². The molecule has 2 aromatic rings. The van der Waals surface area contributed by atoms with Gasteiger partial charge in [-0.05, 0) is 42.7 Å². The first kappa shape index (κ1) is 23.9. The number of hydrogen-bond acceptors (Lipinski definition) is 4. The third kappa shape index (κ3) is 6.78. The summed E-state index contributed by atoms with van der Waals surface area (Å²) >= 11 is 0. The Morgan fingerprint density at radius 3 is 2.43 bits per heavy atom. The third-order valence-electron chi connectivity index (χ3n) is 4.22. The minimum atomic E-state index is 0. The highest BCUT2D eigenvalue weighted by atomic mass is 127. The molecule has 28 heavy (non-hydrogen) atoms. The second-order valence-electron chi connectivity index (χ2n) is 6.16. The van der Waals surface area contributed by atoms with E-state index in [0.717, 1.165) is 30.4 Å². The standard InChI is InChI=1S/C21H29N3O3.HI/c1-5-22-21(24(2)15-16-9-11-18(26-3)12-10-16)23-14-13-17-7-6-8-19(27-4)20(17)25;/h6-12,25H,5,13-15H2,1-4H3,(H,22,23);1H. The first-order valence-electron chi connectivity index (χ1n) is 9.06. The predicted molar refractivity (Wildman–Crippen MR) is 124 cm³/mol. The second-order valence-corrected chi connectivity index (χ2v) is 6.16. The van der Waals surface area contributed by atoms with E-state index in [4.69, 9.17) is 14.5 Å². The van der Waals surface area contributed by atoms with Crippen molar-refractivity contribution in [2.45, 2.75) is 19.9 Å². The van der Waals surface area contributed by atoms with Crippen molar-refractivity contribution in [1.82, 2.24) is 10.2 Å². The van der Waals surface area contributed by atoms with Crippen LogP contribution in [0.15, 0.2) is 47.5 Å². The molecule has 0 radical (unpaired) electrons. The molecule has 0 saturated carbocycles. The zero-order chi connectivity index (χ0) is 19.6. The van der Waals surface area contributed by atoms with Crippen molar-refractivity contribution in [3.8, 4) is 17.2 Å². The van der Waals surface area contributed by atoms with E-state index in [2.05, 4.69) is 10.2 Å². The molecule has 0 aliphatic rings. The van der Waals surface area contributed by atoms with Gasteiger partial charge in [-0.25, -0.2) is 0 Å². The number of rotatable bonds is 8. The summed E-state index contributed by atoms with van der Waals surface area (Å²) in [5.41, 5.74) is 2.00. The van der Waals surface area contributed by atoms with Gasteiger partial charge in [0.05, 0.1) is 14.2 Å². The zero-order valence-corrected chi connectivity index (χ0v) is 19.3. The van der Waals surface area contributed by atoms with Gasteiger partial charge in [0.25, 0.3) is 0 Å². The number of ether oxygens (including phenoxy) is 2. The maximum absolute atomic E-state index is 10.2. The van der Waals surface area contributed by atoms with Crippen LogP contribution in [0.25, 0.3) is 0 Å². The second kappa shape index (κ2) is 12.3. The summed E-state index contributed by atoms with van der Waals surface area (Å²) in [4.78, 5) is 6.77. The highest BCUT2D eigenvalue weighted by Gasteiger charge is 2.09. The van der Waals surface area contributed by atoms with Gasteiger partial charge in [-0.2, -0.15) is 0 Å². The highest BCUT2D eigenvalue weighted by molar-refractivity contribution is 14.0. The van der Waals surface area contributed by atoms with E-state index in [1.165, 1.54) is 5.56 Å². The number of benzene rings is 2. The summed E-state index contributed by atoms with van der Waals surface area (Å²) in [7, 11) is 5.22. The van der Waals surface area contributed by atoms with Crippen LogP contribution in [-0.4, -0.2) is 50.3 Å². The molecule has 0 fully saturated rings. The topological polar surface area (TPSA) is 66.3 Å². The maximum Gasteiger partial charge on any atom is 0.193 e. The third-order valence-corrected chi connectivity index (χ3v) is 4.22. The van der Waals surface area contributed by atoms with Crippen LogP contribution in [0, 0.1) is 0 Å². The van der Waals surface area contributed by atoms with Crippen LogP contribution in [0.5, 0.6) is 17.2 Å². The van der Waals surface area contributed by atoms with Gasteiger partial charge in [-0.1, -0.05) is 24.3 Å². The summed E-state index contributed by atoms with van der Waals surface area (Å²) < 4.78 is 10.4. The molecule has 154 valence electrons. The summed E-state index contributed by atoms with van der Waals surface area (Å²) in [6, 6.07) is 13.5. The Balaban J connectivity index is 0.00000392. The molecule has 6 nitrogen and oxygen atoms in total. The number of methoxy groups -OCH3 is 2. The number of hydrogen-bond donors (Lipinski definition) is 2. The molecule has 0 atom stereocenters. The van der Waals surface area contributed by atoms with Crippen LogP contribution >= 0.6 is 24.0 Å². The monoisotopic (exact) mass is 499 g/mol.